The smallest absolute Gasteiger partial charge is 0.0312 e. The minimum absolute atomic E-state index is 0.464. The second-order valence-electron chi connectivity index (χ2n) is 3.69. The molecule has 0 aromatic heterocycles. The van der Waals surface area contributed by atoms with Crippen LogP contribution in [0.15, 0.2) is 4.90 Å². The highest BCUT2D eigenvalue weighted by Crippen LogP contribution is 2.27. The monoisotopic (exact) mass is 211 g/mol. The average molecular weight is 211 g/mol. The Morgan fingerprint density at radius 1 is 0.786 bits per heavy atom. The van der Waals surface area contributed by atoms with E-state index < -0.39 is 11.1 Å². The van der Waals surface area contributed by atoms with Crippen LogP contribution in [0, 0.1) is 34.6 Å². The van der Waals surface area contributed by atoms with Crippen molar-refractivity contribution in [1.29, 1.82) is 0 Å². The fourth-order valence-corrected chi connectivity index (χ4v) is 2.52. The van der Waals surface area contributed by atoms with E-state index in [-0.39, 0.29) is 0 Å². The third-order valence-electron chi connectivity index (χ3n) is 3.10. The van der Waals surface area contributed by atoms with Crippen LogP contribution in [-0.2, 0) is 11.1 Å². The van der Waals surface area contributed by atoms with Crippen LogP contribution in [0.3, 0.4) is 0 Å². The second-order valence-corrected chi connectivity index (χ2v) is 4.57. The zero-order chi connectivity index (χ0) is 11.0. The molecule has 0 radical (unpaired) electrons. The van der Waals surface area contributed by atoms with Crippen molar-refractivity contribution in [3.8, 4) is 0 Å². The quantitative estimate of drug-likeness (QED) is 0.669. The molecule has 0 fully saturated rings. The number of rotatable bonds is 1. The van der Waals surface area contributed by atoms with Crippen LogP contribution < -0.4 is 0 Å². The first kappa shape index (κ1) is 11.4. The summed E-state index contributed by atoms with van der Waals surface area (Å²) in [5.74, 6) is 0. The fraction of sp³-hybridized carbons (Fsp3) is 0.455. The van der Waals surface area contributed by atoms with Crippen molar-refractivity contribution < 1.29 is 8.76 Å². The van der Waals surface area contributed by atoms with E-state index in [1.54, 1.807) is 0 Å². The lowest BCUT2D eigenvalue weighted by molar-refractivity contribution is 0.535. The molecule has 0 amide bonds. The number of hydrogen-bond acceptors (Lipinski definition) is 2. The first-order valence-electron chi connectivity index (χ1n) is 4.54. The van der Waals surface area contributed by atoms with Gasteiger partial charge in [-0.25, -0.2) is 0 Å². The third-order valence-corrected chi connectivity index (χ3v) is 4.04. The topological polar surface area (TPSA) is 40.1 Å². The minimum atomic E-state index is -2.13. The first-order valence-corrected chi connectivity index (χ1v) is 5.61. The van der Waals surface area contributed by atoms with E-state index in [1.165, 1.54) is 5.56 Å². The molecular weight excluding hydrogens is 196 g/mol. The summed E-state index contributed by atoms with van der Waals surface area (Å²) < 4.78 is 22.1. The van der Waals surface area contributed by atoms with Gasteiger partial charge in [0.2, 0.25) is 0 Å². The fourth-order valence-electron chi connectivity index (χ4n) is 1.72. The highest BCUT2D eigenvalue weighted by Gasteiger charge is 2.11. The molecule has 0 aliphatic heterocycles. The maximum Gasteiger partial charge on any atom is 0.0312 e. The van der Waals surface area contributed by atoms with Gasteiger partial charge in [0.05, 0.1) is 0 Å². The summed E-state index contributed by atoms with van der Waals surface area (Å²) in [4.78, 5) is 0.464. The minimum Gasteiger partial charge on any atom is -0.768 e. The highest BCUT2D eigenvalue weighted by molar-refractivity contribution is 7.79. The summed E-state index contributed by atoms with van der Waals surface area (Å²) >= 11 is -2.13. The van der Waals surface area contributed by atoms with Gasteiger partial charge in [-0.1, -0.05) is 0 Å². The van der Waals surface area contributed by atoms with E-state index in [0.29, 0.717) is 4.90 Å². The van der Waals surface area contributed by atoms with Gasteiger partial charge >= 0.3 is 0 Å². The van der Waals surface area contributed by atoms with Gasteiger partial charge in [0.1, 0.15) is 0 Å². The Morgan fingerprint density at radius 2 is 1.07 bits per heavy atom. The Bertz CT molecular complexity index is 379. The van der Waals surface area contributed by atoms with Crippen molar-refractivity contribution >= 4 is 11.1 Å². The molecule has 0 aliphatic carbocycles. The van der Waals surface area contributed by atoms with Gasteiger partial charge in [-0.3, -0.25) is 4.21 Å². The summed E-state index contributed by atoms with van der Waals surface area (Å²) in [6.45, 7) is 9.68. The zero-order valence-corrected chi connectivity index (χ0v) is 10.0. The van der Waals surface area contributed by atoms with Gasteiger partial charge in [0.25, 0.3) is 0 Å². The maximum absolute atomic E-state index is 11.1. The van der Waals surface area contributed by atoms with Crippen LogP contribution in [-0.4, -0.2) is 8.76 Å². The van der Waals surface area contributed by atoms with Gasteiger partial charge in [0.15, 0.2) is 0 Å². The Balaban J connectivity index is 3.68. The molecule has 78 valence electrons. The van der Waals surface area contributed by atoms with Crippen LogP contribution in [0.5, 0.6) is 0 Å². The van der Waals surface area contributed by atoms with Gasteiger partial charge < -0.3 is 4.55 Å². The van der Waals surface area contributed by atoms with E-state index in [2.05, 4.69) is 0 Å². The Hall–Kier alpha value is -0.670. The summed E-state index contributed by atoms with van der Waals surface area (Å²) in [7, 11) is 0. The van der Waals surface area contributed by atoms with Crippen molar-refractivity contribution in [3.63, 3.8) is 0 Å². The maximum atomic E-state index is 11.1. The molecule has 0 N–H and O–H groups in total. The molecule has 1 atom stereocenters. The summed E-state index contributed by atoms with van der Waals surface area (Å²) in [6.07, 6.45) is 0. The van der Waals surface area contributed by atoms with Crippen molar-refractivity contribution in [2.24, 2.45) is 0 Å². The first-order chi connectivity index (χ1) is 6.37. The zero-order valence-electron chi connectivity index (χ0n) is 9.22. The Labute approximate surface area is 87.6 Å². The molecule has 1 aromatic rings. The molecule has 0 spiro atoms. The second kappa shape index (κ2) is 3.83. The molecule has 1 unspecified atom stereocenters. The van der Waals surface area contributed by atoms with Gasteiger partial charge in [0, 0.05) is 4.90 Å². The lowest BCUT2D eigenvalue weighted by Crippen LogP contribution is -2.04. The molecule has 1 rings (SSSR count). The Kier molecular flexibility index (Phi) is 3.12. The lowest BCUT2D eigenvalue weighted by Gasteiger charge is -2.19. The molecular formula is C11H15O2S-. The summed E-state index contributed by atoms with van der Waals surface area (Å²) in [6, 6.07) is 0. The van der Waals surface area contributed by atoms with Gasteiger partial charge in [-0.05, 0) is 73.5 Å². The molecule has 2 nitrogen and oxygen atoms in total. The average Bonchev–Trinajstić information content (AvgIpc) is 2.11. The van der Waals surface area contributed by atoms with Crippen molar-refractivity contribution in [2.75, 3.05) is 0 Å². The predicted molar refractivity (Wildman–Crippen MR) is 57.3 cm³/mol. The Morgan fingerprint density at radius 3 is 1.36 bits per heavy atom. The standard InChI is InChI=1S/C11H16O2S/c1-6-7(2)9(4)11(14(12)13)10(5)8(6)3/h1-5H3,(H,12,13)/p-1. The van der Waals surface area contributed by atoms with Gasteiger partial charge in [-0.2, -0.15) is 0 Å². The number of benzene rings is 1. The highest BCUT2D eigenvalue weighted by atomic mass is 32.2. The molecule has 0 heterocycles. The van der Waals surface area contributed by atoms with Crippen LogP contribution in [0.25, 0.3) is 0 Å². The van der Waals surface area contributed by atoms with E-state index in [1.807, 2.05) is 34.6 Å². The van der Waals surface area contributed by atoms with E-state index in [0.717, 1.165) is 22.3 Å². The van der Waals surface area contributed by atoms with E-state index in [4.69, 9.17) is 0 Å². The van der Waals surface area contributed by atoms with E-state index >= 15 is 0 Å². The number of hydrogen-bond donors (Lipinski definition) is 0. The molecule has 1 aromatic carbocycles. The van der Waals surface area contributed by atoms with Crippen LogP contribution in [0.2, 0.25) is 0 Å². The molecule has 0 saturated carbocycles. The summed E-state index contributed by atoms with van der Waals surface area (Å²) in [5, 5.41) is 0. The third kappa shape index (κ3) is 1.62. The van der Waals surface area contributed by atoms with Crippen LogP contribution in [0.4, 0.5) is 0 Å². The summed E-state index contributed by atoms with van der Waals surface area (Å²) in [5.41, 5.74) is 5.09. The van der Waals surface area contributed by atoms with Crippen LogP contribution in [0.1, 0.15) is 27.8 Å². The molecule has 0 bridgehead atoms. The lowest BCUT2D eigenvalue weighted by atomic mass is 9.95. The van der Waals surface area contributed by atoms with Gasteiger partial charge in [-0.15, -0.1) is 0 Å². The normalized spacial score (nSPS) is 13.0. The van der Waals surface area contributed by atoms with Crippen molar-refractivity contribution in [3.05, 3.63) is 27.8 Å². The molecule has 0 aliphatic rings. The molecule has 0 saturated heterocycles. The van der Waals surface area contributed by atoms with E-state index in [9.17, 15) is 8.76 Å². The van der Waals surface area contributed by atoms with Crippen molar-refractivity contribution in [2.45, 2.75) is 39.5 Å². The predicted octanol–water partition coefficient (Wildman–Crippen LogP) is 2.47. The largest absolute Gasteiger partial charge is 0.768 e. The SMILES string of the molecule is Cc1c(C)c(C)c(S(=O)[O-])c(C)c1C. The molecule has 14 heavy (non-hydrogen) atoms. The molecule has 3 heteroatoms. The van der Waals surface area contributed by atoms with Crippen LogP contribution >= 0.6 is 0 Å². The van der Waals surface area contributed by atoms with Crippen molar-refractivity contribution in [1.82, 2.24) is 0 Å².